The number of pyridine rings is 1. The minimum absolute atomic E-state index is 0.0282. The van der Waals surface area contributed by atoms with Crippen molar-refractivity contribution in [1.82, 2.24) is 15.2 Å². The molecule has 0 bridgehead atoms. The second-order valence-electron chi connectivity index (χ2n) is 5.69. The van der Waals surface area contributed by atoms with Crippen molar-refractivity contribution < 1.29 is 9.59 Å². The average molecular weight is 289 g/mol. The summed E-state index contributed by atoms with van der Waals surface area (Å²) in [5.41, 5.74) is 0.938. The van der Waals surface area contributed by atoms with Crippen molar-refractivity contribution in [2.24, 2.45) is 5.92 Å². The average Bonchev–Trinajstić information content (AvgIpc) is 2.52. The molecule has 1 aromatic heterocycles. The second-order valence-corrected chi connectivity index (χ2v) is 5.69. The smallest absolute Gasteiger partial charge is 0.255 e. The highest BCUT2D eigenvalue weighted by Gasteiger charge is 2.22. The highest BCUT2D eigenvalue weighted by molar-refractivity contribution is 5.99. The number of carbonyl (C=O) groups is 2. The number of rotatable bonds is 4. The maximum Gasteiger partial charge on any atom is 0.255 e. The summed E-state index contributed by atoms with van der Waals surface area (Å²) in [6.07, 6.45) is 5.99. The molecule has 0 spiro atoms. The molecule has 1 aromatic rings. The van der Waals surface area contributed by atoms with Crippen LogP contribution in [0.2, 0.25) is 0 Å². The molecule has 1 N–H and O–H groups in total. The molecule has 1 aliphatic rings. The van der Waals surface area contributed by atoms with Gasteiger partial charge in [-0.2, -0.15) is 0 Å². The maximum absolute atomic E-state index is 12.4. The van der Waals surface area contributed by atoms with Gasteiger partial charge in [0.2, 0.25) is 0 Å². The number of likely N-dealkylation sites (tertiary alicyclic amines) is 1. The van der Waals surface area contributed by atoms with Crippen molar-refractivity contribution in [3.05, 3.63) is 29.6 Å². The first kappa shape index (κ1) is 15.5. The molecule has 0 atom stereocenters. The SMILES string of the molecule is CCCNC(=O)c1cncc(C(=O)N2CCC(C)CC2)c1. The largest absolute Gasteiger partial charge is 0.352 e. The Balaban J connectivity index is 2.06. The predicted molar refractivity (Wildman–Crippen MR) is 81.2 cm³/mol. The Hall–Kier alpha value is -1.91. The summed E-state index contributed by atoms with van der Waals surface area (Å²) in [5, 5.41) is 2.80. The van der Waals surface area contributed by atoms with Crippen molar-refractivity contribution >= 4 is 11.8 Å². The summed E-state index contributed by atoms with van der Waals surface area (Å²) in [4.78, 5) is 30.3. The zero-order valence-corrected chi connectivity index (χ0v) is 12.8. The minimum Gasteiger partial charge on any atom is -0.352 e. The lowest BCUT2D eigenvalue weighted by Gasteiger charge is -2.30. The van der Waals surface area contributed by atoms with Crippen LogP contribution in [-0.2, 0) is 0 Å². The number of nitrogens with zero attached hydrogens (tertiary/aromatic N) is 2. The summed E-state index contributed by atoms with van der Waals surface area (Å²) in [6, 6.07) is 1.64. The van der Waals surface area contributed by atoms with Crippen molar-refractivity contribution in [2.45, 2.75) is 33.1 Å². The number of nitrogens with one attached hydrogen (secondary N) is 1. The van der Waals surface area contributed by atoms with E-state index in [9.17, 15) is 9.59 Å². The van der Waals surface area contributed by atoms with Crippen molar-refractivity contribution in [1.29, 1.82) is 0 Å². The molecule has 1 aliphatic heterocycles. The van der Waals surface area contributed by atoms with E-state index in [0.717, 1.165) is 32.4 Å². The van der Waals surface area contributed by atoms with Crippen LogP contribution in [0.25, 0.3) is 0 Å². The first-order chi connectivity index (χ1) is 10.1. The van der Waals surface area contributed by atoms with Gasteiger partial charge in [-0.25, -0.2) is 0 Å². The van der Waals surface area contributed by atoms with Crippen LogP contribution in [0, 0.1) is 5.92 Å². The number of carbonyl (C=O) groups excluding carboxylic acids is 2. The molecule has 2 heterocycles. The summed E-state index contributed by atoms with van der Waals surface area (Å²) in [5.74, 6) is 0.476. The Kier molecular flexibility index (Phi) is 5.31. The third-order valence-corrected chi connectivity index (χ3v) is 3.85. The van der Waals surface area contributed by atoms with E-state index < -0.39 is 0 Å². The van der Waals surface area contributed by atoms with Crippen LogP contribution >= 0.6 is 0 Å². The van der Waals surface area contributed by atoms with E-state index in [-0.39, 0.29) is 11.8 Å². The number of hydrogen-bond donors (Lipinski definition) is 1. The first-order valence-corrected chi connectivity index (χ1v) is 7.64. The molecule has 21 heavy (non-hydrogen) atoms. The monoisotopic (exact) mass is 289 g/mol. The second kappa shape index (κ2) is 7.20. The highest BCUT2D eigenvalue weighted by Crippen LogP contribution is 2.18. The zero-order valence-electron chi connectivity index (χ0n) is 12.8. The molecular weight excluding hydrogens is 266 g/mol. The molecule has 5 nitrogen and oxygen atoms in total. The van der Waals surface area contributed by atoms with Gasteiger partial charge in [0.05, 0.1) is 11.1 Å². The van der Waals surface area contributed by atoms with Gasteiger partial charge in [-0.3, -0.25) is 14.6 Å². The number of amides is 2. The molecule has 0 saturated carbocycles. The summed E-state index contributed by atoms with van der Waals surface area (Å²) in [6.45, 7) is 6.40. The highest BCUT2D eigenvalue weighted by atomic mass is 16.2. The lowest BCUT2D eigenvalue weighted by Crippen LogP contribution is -2.38. The zero-order chi connectivity index (χ0) is 15.2. The Morgan fingerprint density at radius 3 is 2.62 bits per heavy atom. The maximum atomic E-state index is 12.4. The van der Waals surface area contributed by atoms with Crippen molar-refractivity contribution in [3.8, 4) is 0 Å². The fourth-order valence-corrected chi connectivity index (χ4v) is 2.42. The molecule has 0 aromatic carbocycles. The molecule has 5 heteroatoms. The van der Waals surface area contributed by atoms with Crippen LogP contribution < -0.4 is 5.32 Å². The predicted octanol–water partition coefficient (Wildman–Crippen LogP) is 2.09. The Morgan fingerprint density at radius 1 is 1.29 bits per heavy atom. The van der Waals surface area contributed by atoms with Gasteiger partial charge in [0.15, 0.2) is 0 Å². The first-order valence-electron chi connectivity index (χ1n) is 7.64. The van der Waals surface area contributed by atoms with Crippen LogP contribution in [0.15, 0.2) is 18.5 Å². The van der Waals surface area contributed by atoms with Gasteiger partial charge in [-0.15, -0.1) is 0 Å². The molecule has 114 valence electrons. The van der Waals surface area contributed by atoms with Crippen LogP contribution in [0.3, 0.4) is 0 Å². The Labute approximate surface area is 125 Å². The van der Waals surface area contributed by atoms with E-state index in [1.165, 1.54) is 12.4 Å². The van der Waals surface area contributed by atoms with Gasteiger partial charge in [0, 0.05) is 32.0 Å². The van der Waals surface area contributed by atoms with Gasteiger partial charge in [-0.05, 0) is 31.2 Å². The molecule has 2 amide bonds. The molecule has 1 saturated heterocycles. The number of piperidine rings is 1. The van der Waals surface area contributed by atoms with E-state index in [2.05, 4.69) is 17.2 Å². The lowest BCUT2D eigenvalue weighted by molar-refractivity contribution is 0.0697. The molecule has 1 fully saturated rings. The van der Waals surface area contributed by atoms with Gasteiger partial charge in [0.25, 0.3) is 11.8 Å². The van der Waals surface area contributed by atoms with Gasteiger partial charge in [0.1, 0.15) is 0 Å². The molecule has 0 radical (unpaired) electrons. The Bertz CT molecular complexity index is 508. The van der Waals surface area contributed by atoms with E-state index in [1.807, 2.05) is 11.8 Å². The molecule has 2 rings (SSSR count). The quantitative estimate of drug-likeness (QED) is 0.923. The van der Waals surface area contributed by atoms with Gasteiger partial charge >= 0.3 is 0 Å². The van der Waals surface area contributed by atoms with Gasteiger partial charge in [-0.1, -0.05) is 13.8 Å². The minimum atomic E-state index is -0.175. The third kappa shape index (κ3) is 4.03. The number of hydrogen-bond acceptors (Lipinski definition) is 3. The summed E-state index contributed by atoms with van der Waals surface area (Å²) >= 11 is 0. The van der Waals surface area contributed by atoms with E-state index >= 15 is 0 Å². The van der Waals surface area contributed by atoms with E-state index in [4.69, 9.17) is 0 Å². The van der Waals surface area contributed by atoms with Crippen molar-refractivity contribution in [2.75, 3.05) is 19.6 Å². The van der Waals surface area contributed by atoms with E-state index in [0.29, 0.717) is 23.6 Å². The standard InChI is InChI=1S/C16H23N3O2/c1-3-6-18-15(20)13-9-14(11-17-10-13)16(21)19-7-4-12(2)5-8-19/h9-12H,3-8H2,1-2H3,(H,18,20). The van der Waals surface area contributed by atoms with Crippen LogP contribution in [-0.4, -0.2) is 41.3 Å². The topological polar surface area (TPSA) is 62.3 Å². The summed E-state index contributed by atoms with van der Waals surface area (Å²) in [7, 11) is 0. The lowest BCUT2D eigenvalue weighted by atomic mass is 9.98. The van der Waals surface area contributed by atoms with Crippen LogP contribution in [0.5, 0.6) is 0 Å². The van der Waals surface area contributed by atoms with Crippen LogP contribution in [0.4, 0.5) is 0 Å². The van der Waals surface area contributed by atoms with Crippen molar-refractivity contribution in [3.63, 3.8) is 0 Å². The Morgan fingerprint density at radius 2 is 1.95 bits per heavy atom. The van der Waals surface area contributed by atoms with E-state index in [1.54, 1.807) is 6.07 Å². The fraction of sp³-hybridized carbons (Fsp3) is 0.562. The van der Waals surface area contributed by atoms with Crippen LogP contribution in [0.1, 0.15) is 53.8 Å². The molecule has 0 aliphatic carbocycles. The summed E-state index contributed by atoms with van der Waals surface area (Å²) < 4.78 is 0. The molecular formula is C16H23N3O2. The van der Waals surface area contributed by atoms with Gasteiger partial charge < -0.3 is 10.2 Å². The molecule has 0 unspecified atom stereocenters. The third-order valence-electron chi connectivity index (χ3n) is 3.85. The number of aromatic nitrogens is 1. The normalized spacial score (nSPS) is 15.8. The fourth-order valence-electron chi connectivity index (χ4n) is 2.42.